The van der Waals surface area contributed by atoms with Crippen LogP contribution in [0.3, 0.4) is 0 Å². The molecule has 3 rings (SSSR count). The molecular weight excluding hydrogens is 587 g/mol. The van der Waals surface area contributed by atoms with Gasteiger partial charge in [0.1, 0.15) is 15.9 Å². The third kappa shape index (κ3) is 7.32. The van der Waals surface area contributed by atoms with E-state index in [0.717, 1.165) is 12.1 Å². The van der Waals surface area contributed by atoms with E-state index in [-0.39, 0.29) is 50.6 Å². The number of nitriles is 1. The normalized spacial score (nSPS) is 12.0. The number of amides is 1. The molecule has 2 aromatic heterocycles. The van der Waals surface area contributed by atoms with Crippen LogP contribution >= 0.6 is 15.9 Å². The van der Waals surface area contributed by atoms with Gasteiger partial charge in [0.05, 0.1) is 23.4 Å². The number of ether oxygens (including phenoxy) is 1. The number of hydrogen-bond donors (Lipinski definition) is 0. The number of halogens is 4. The third-order valence-corrected chi connectivity index (χ3v) is 5.41. The van der Waals surface area contributed by atoms with Crippen LogP contribution in [0.15, 0.2) is 39.6 Å². The number of carbonyl (C=O) groups is 2. The zero-order valence-corrected chi connectivity index (χ0v) is 23.0. The van der Waals surface area contributed by atoms with Crippen LogP contribution in [0.1, 0.15) is 52.2 Å². The van der Waals surface area contributed by atoms with Crippen LogP contribution in [0.4, 0.5) is 23.8 Å². The summed E-state index contributed by atoms with van der Waals surface area (Å²) in [6.07, 6.45) is -4.23. The molecule has 3 aromatic rings. The molecule has 206 valence electrons. The van der Waals surface area contributed by atoms with E-state index in [1.54, 1.807) is 19.9 Å². The lowest BCUT2D eigenvalue weighted by Gasteiger charge is -2.33. The second-order valence-corrected chi connectivity index (χ2v) is 11.0. The Morgan fingerprint density at radius 1 is 1.21 bits per heavy atom. The van der Waals surface area contributed by atoms with E-state index >= 15 is 0 Å². The van der Waals surface area contributed by atoms with Gasteiger partial charge in [0.25, 0.3) is 0 Å². The maximum absolute atomic E-state index is 13.7. The fourth-order valence-electron chi connectivity index (χ4n) is 4.07. The zero-order valence-electron chi connectivity index (χ0n) is 21.5. The van der Waals surface area contributed by atoms with E-state index in [9.17, 15) is 22.8 Å². The summed E-state index contributed by atoms with van der Waals surface area (Å²) < 4.78 is 52.2. The van der Waals surface area contributed by atoms with Gasteiger partial charge >= 0.3 is 18.7 Å². The van der Waals surface area contributed by atoms with Gasteiger partial charge in [0.2, 0.25) is 5.82 Å². The summed E-state index contributed by atoms with van der Waals surface area (Å²) in [5.41, 5.74) is -3.26. The summed E-state index contributed by atoms with van der Waals surface area (Å²) in [7, 11) is 0. The molecule has 0 bridgehead atoms. The Morgan fingerprint density at radius 2 is 1.90 bits per heavy atom. The molecule has 0 radical (unpaired) electrons. The van der Waals surface area contributed by atoms with Gasteiger partial charge in [-0.15, -0.1) is 0 Å². The highest BCUT2D eigenvalue weighted by Crippen LogP contribution is 2.39. The van der Waals surface area contributed by atoms with Crippen LogP contribution in [-0.4, -0.2) is 33.3 Å². The molecule has 0 aliphatic heterocycles. The molecular formula is C25H23BrF3N5O5. The first-order valence-electron chi connectivity index (χ1n) is 11.3. The maximum Gasteiger partial charge on any atom is 0.450 e. The van der Waals surface area contributed by atoms with Crippen molar-refractivity contribution >= 4 is 34.3 Å². The molecule has 0 unspecified atom stereocenters. The summed E-state index contributed by atoms with van der Waals surface area (Å²) >= 11 is 3.15. The average Bonchev–Trinajstić information content (AvgIpc) is 3.30. The molecule has 0 aliphatic carbocycles. The fourth-order valence-corrected chi connectivity index (χ4v) is 4.35. The molecule has 39 heavy (non-hydrogen) atoms. The van der Waals surface area contributed by atoms with E-state index in [4.69, 9.17) is 19.4 Å². The number of alkyl halides is 3. The van der Waals surface area contributed by atoms with Crippen LogP contribution in [-0.2, 0) is 20.5 Å². The van der Waals surface area contributed by atoms with Gasteiger partial charge < -0.3 is 14.1 Å². The van der Waals surface area contributed by atoms with Crippen LogP contribution in [0.25, 0.3) is 22.7 Å². The van der Waals surface area contributed by atoms with Crippen LogP contribution < -0.4 is 5.06 Å². The predicted molar refractivity (Wildman–Crippen MR) is 135 cm³/mol. The Labute approximate surface area is 229 Å². The topological polar surface area (TPSA) is 131 Å². The summed E-state index contributed by atoms with van der Waals surface area (Å²) in [6, 6.07) is 5.80. The number of anilines is 1. The Hall–Kier alpha value is -3.99. The largest absolute Gasteiger partial charge is 0.450 e. The maximum atomic E-state index is 13.7. The molecule has 0 N–H and O–H groups in total. The molecule has 0 atom stereocenters. The van der Waals surface area contributed by atoms with E-state index in [0.29, 0.717) is 17.6 Å². The Kier molecular flexibility index (Phi) is 8.35. The minimum atomic E-state index is -4.79. The molecule has 2 heterocycles. The van der Waals surface area contributed by atoms with E-state index in [1.807, 2.05) is 20.8 Å². The smallest absolute Gasteiger partial charge is 0.441 e. The van der Waals surface area contributed by atoms with Crippen molar-refractivity contribution in [3.8, 4) is 28.8 Å². The molecule has 1 amide bonds. The number of aromatic nitrogens is 3. The Bertz CT molecular complexity index is 1430. The van der Waals surface area contributed by atoms with E-state index in [2.05, 4.69) is 31.1 Å². The van der Waals surface area contributed by atoms with Gasteiger partial charge in [-0.2, -0.15) is 18.4 Å². The first-order valence-corrected chi connectivity index (χ1v) is 12.1. The first-order chi connectivity index (χ1) is 18.0. The van der Waals surface area contributed by atoms with Gasteiger partial charge in [0.15, 0.2) is 11.5 Å². The molecule has 10 nitrogen and oxygen atoms in total. The quantitative estimate of drug-likeness (QED) is 0.212. The lowest BCUT2D eigenvalue weighted by molar-refractivity contribution is -0.137. The SMILES string of the molecule is CC(C)(C)CC(C)(C)OC(=O)N(OC=O)c1ncc(Br)nc1-c1cc(-c2ccc(C#N)cc2C(F)(F)F)no1. The van der Waals surface area contributed by atoms with Crippen molar-refractivity contribution < 1.29 is 36.9 Å². The minimum Gasteiger partial charge on any atom is -0.441 e. The predicted octanol–water partition coefficient (Wildman–Crippen LogP) is 6.70. The Morgan fingerprint density at radius 3 is 2.49 bits per heavy atom. The average molecular weight is 610 g/mol. The first kappa shape index (κ1) is 29.6. The third-order valence-electron chi connectivity index (χ3n) is 5.02. The molecule has 0 saturated heterocycles. The number of benzene rings is 1. The highest BCUT2D eigenvalue weighted by atomic mass is 79.9. The van der Waals surface area contributed by atoms with Crippen molar-refractivity contribution in [2.24, 2.45) is 5.41 Å². The standard InChI is InChI=1S/C25H23BrF3N5O5/c1-23(2,3)12-24(4,5)38-22(36)34(37-13-35)21-20(32-19(26)11-31-21)18-9-17(33-39-18)15-7-6-14(10-30)8-16(15)25(27,28)29/h6-9,11,13H,12H2,1-5H3. The monoisotopic (exact) mass is 609 g/mol. The highest BCUT2D eigenvalue weighted by Gasteiger charge is 2.37. The number of hydrogen-bond acceptors (Lipinski definition) is 9. The molecule has 0 saturated carbocycles. The second-order valence-electron chi connectivity index (χ2n) is 10.2. The summed E-state index contributed by atoms with van der Waals surface area (Å²) in [4.78, 5) is 37.5. The van der Waals surface area contributed by atoms with Crippen molar-refractivity contribution in [1.29, 1.82) is 5.26 Å². The number of carbonyl (C=O) groups excluding carboxylic acids is 2. The zero-order chi connectivity index (χ0) is 29.2. The number of rotatable bonds is 7. The second kappa shape index (κ2) is 11.0. The molecule has 0 aliphatic rings. The molecule has 0 fully saturated rings. The molecule has 1 aromatic carbocycles. The van der Waals surface area contributed by atoms with E-state index in [1.165, 1.54) is 12.3 Å². The van der Waals surface area contributed by atoms with Gasteiger partial charge in [-0.3, -0.25) is 4.79 Å². The van der Waals surface area contributed by atoms with Crippen molar-refractivity contribution in [2.75, 3.05) is 5.06 Å². The van der Waals surface area contributed by atoms with Gasteiger partial charge in [-0.05, 0) is 53.7 Å². The van der Waals surface area contributed by atoms with Crippen LogP contribution in [0, 0.1) is 16.7 Å². The summed E-state index contributed by atoms with van der Waals surface area (Å²) in [5.74, 6) is -0.548. The highest BCUT2D eigenvalue weighted by molar-refractivity contribution is 9.10. The number of hydroxylamine groups is 1. The number of nitrogens with zero attached hydrogens (tertiary/aromatic N) is 5. The Balaban J connectivity index is 2.07. The van der Waals surface area contributed by atoms with Gasteiger partial charge in [-0.25, -0.2) is 14.8 Å². The van der Waals surface area contributed by atoms with Crippen molar-refractivity contribution in [3.63, 3.8) is 0 Å². The van der Waals surface area contributed by atoms with E-state index < -0.39 is 23.4 Å². The van der Waals surface area contributed by atoms with Crippen molar-refractivity contribution in [2.45, 2.75) is 52.8 Å². The summed E-state index contributed by atoms with van der Waals surface area (Å²) in [5, 5.41) is 13.2. The van der Waals surface area contributed by atoms with Gasteiger partial charge in [0, 0.05) is 11.6 Å². The molecule has 14 heteroatoms. The lowest BCUT2D eigenvalue weighted by Crippen LogP contribution is -2.40. The van der Waals surface area contributed by atoms with Crippen molar-refractivity contribution in [1.82, 2.24) is 15.1 Å². The lowest BCUT2D eigenvalue weighted by atomic mass is 9.84. The summed E-state index contributed by atoms with van der Waals surface area (Å²) in [6.45, 7) is 9.22. The van der Waals surface area contributed by atoms with Gasteiger partial charge in [-0.1, -0.05) is 37.1 Å². The van der Waals surface area contributed by atoms with Crippen molar-refractivity contribution in [3.05, 3.63) is 46.2 Å². The minimum absolute atomic E-state index is 0.0241. The fraction of sp³-hybridized carbons (Fsp3) is 0.360. The molecule has 0 spiro atoms. The van der Waals surface area contributed by atoms with Crippen LogP contribution in [0.2, 0.25) is 0 Å². The van der Waals surface area contributed by atoms with Crippen LogP contribution in [0.5, 0.6) is 0 Å².